The molecule has 25 heteroatoms. The summed E-state index contributed by atoms with van der Waals surface area (Å²) in [6.45, 7) is 6.78. The number of carbonyl (C=O) groups is 9. The van der Waals surface area contributed by atoms with Crippen LogP contribution in [0.25, 0.3) is 0 Å². The molecule has 2 fully saturated rings. The first-order valence-corrected chi connectivity index (χ1v) is 28.1. The molecule has 9 atom stereocenters. The number of likely N-dealkylation sites (tertiary alicyclic amines) is 2. The Bertz CT molecular complexity index is 2730. The number of carboxylic acids is 1. The quantitative estimate of drug-likeness (QED) is 0.0229. The first-order valence-electron chi connectivity index (χ1n) is 28.1. The number of benzene rings is 3. The molecule has 0 bridgehead atoms. The first-order chi connectivity index (χ1) is 39.4. The molecule has 8 amide bonds. The van der Waals surface area contributed by atoms with Gasteiger partial charge in [-0.25, -0.2) is 4.79 Å². The Balaban J connectivity index is 1.35. The third kappa shape index (κ3) is 20.3. The zero-order chi connectivity index (χ0) is 60.9. The predicted octanol–water partition coefficient (Wildman–Crippen LogP) is -0.434. The summed E-state index contributed by atoms with van der Waals surface area (Å²) in [7, 11) is 0. The number of aliphatic hydroxyl groups excluding tert-OH is 1. The van der Waals surface area contributed by atoms with E-state index in [4.69, 9.17) is 17.2 Å². The van der Waals surface area contributed by atoms with Crippen LogP contribution < -0.4 is 49.1 Å². The summed E-state index contributed by atoms with van der Waals surface area (Å²) >= 11 is 0. The van der Waals surface area contributed by atoms with Gasteiger partial charge in [-0.15, -0.1) is 0 Å². The third-order valence-electron chi connectivity index (χ3n) is 14.3. The van der Waals surface area contributed by atoms with Crippen molar-refractivity contribution in [3.8, 4) is 11.5 Å². The number of aromatic hydroxyl groups is 2. The molecule has 0 spiro atoms. The second kappa shape index (κ2) is 31.8. The van der Waals surface area contributed by atoms with E-state index in [1.165, 1.54) is 34.1 Å². The SMILES string of the molecule is CC(C)C[C@H](NC(=O)[C@@H](N)Cc1ccc(O)cc1)C(=O)N[C@@H](CCCN=C(N)N)C(=O)N[C@@H](CC(C)C)C(=O)N1CCC[C@H]1C(=O)N[C@@H](Cc1ccc(O)cc1)C(=O)N1CCC[C@H]1C(=O)N[C@@H](Cc1ccccc1)C(=O)N[C@@H](CO)C(=O)O. The molecule has 0 aromatic heterocycles. The lowest BCUT2D eigenvalue weighted by Crippen LogP contribution is -2.60. The molecule has 2 aliphatic heterocycles. The summed E-state index contributed by atoms with van der Waals surface area (Å²) in [6.07, 6.45) is 1.55. The largest absolute Gasteiger partial charge is 0.508 e. The highest BCUT2D eigenvalue weighted by molar-refractivity contribution is 5.98. The molecular weight excluding hydrogens is 1070 g/mol. The molecule has 16 N–H and O–H groups in total. The molecule has 0 unspecified atom stereocenters. The van der Waals surface area contributed by atoms with E-state index >= 15 is 0 Å². The van der Waals surface area contributed by atoms with Crippen LogP contribution in [0.4, 0.5) is 0 Å². The van der Waals surface area contributed by atoms with Crippen LogP contribution in [-0.4, -0.2) is 170 Å². The Morgan fingerprint density at radius 1 is 0.554 bits per heavy atom. The van der Waals surface area contributed by atoms with Gasteiger partial charge in [-0.1, -0.05) is 82.3 Å². The number of phenols is 2. The fourth-order valence-corrected chi connectivity index (χ4v) is 10.1. The molecule has 83 heavy (non-hydrogen) atoms. The van der Waals surface area contributed by atoms with Crippen molar-refractivity contribution in [3.05, 3.63) is 95.6 Å². The first kappa shape index (κ1) is 65.5. The van der Waals surface area contributed by atoms with Crippen LogP contribution in [0.2, 0.25) is 0 Å². The fraction of sp³-hybridized carbons (Fsp3) is 0.517. The molecule has 25 nitrogen and oxygen atoms in total. The van der Waals surface area contributed by atoms with Crippen LogP contribution in [0.3, 0.4) is 0 Å². The number of guanidine groups is 1. The minimum absolute atomic E-state index is 0.00578. The maximum atomic E-state index is 14.8. The van der Waals surface area contributed by atoms with Gasteiger partial charge in [0.1, 0.15) is 59.8 Å². The number of nitrogens with one attached hydrogen (secondary N) is 6. The standard InChI is InChI=1S/C58H82N12O13/c1-33(2)27-42(64-49(74)40(59)29-36-16-20-38(72)21-17-36)51(76)63-41(13-8-24-62-58(60)61)50(75)66-44(28-34(3)4)55(80)69-25-10-15-48(69)54(79)67-45(31-37-18-22-39(73)23-19-37)56(81)70-26-9-14-47(70)53(78)65-43(30-35-11-6-5-7-12-35)52(77)68-46(32-71)57(82)83/h5-7,11-12,16-23,33-34,40-48,71-73H,8-10,13-15,24-32,59H2,1-4H3,(H,63,76)(H,64,74)(H,65,78)(H,66,75)(H,67,79)(H,68,77)(H,82,83)(H4,60,61,62)/t40-,41-,42-,43-,44-,45-,46-,47-,48-/m0/s1. The van der Waals surface area contributed by atoms with Crippen molar-refractivity contribution < 1.29 is 63.6 Å². The summed E-state index contributed by atoms with van der Waals surface area (Å²) in [5, 5.41) is 55.1. The lowest BCUT2D eigenvalue weighted by molar-refractivity contribution is -0.145. The predicted molar refractivity (Wildman–Crippen MR) is 306 cm³/mol. The van der Waals surface area contributed by atoms with Crippen LogP contribution in [0.1, 0.15) is 95.8 Å². The van der Waals surface area contributed by atoms with Gasteiger partial charge in [0.15, 0.2) is 5.96 Å². The minimum atomic E-state index is -1.66. The van der Waals surface area contributed by atoms with Gasteiger partial charge in [-0.05, 0) is 111 Å². The Kier molecular flexibility index (Phi) is 25.1. The van der Waals surface area contributed by atoms with Gasteiger partial charge in [0.25, 0.3) is 0 Å². The smallest absolute Gasteiger partial charge is 0.328 e. The maximum Gasteiger partial charge on any atom is 0.328 e. The monoisotopic (exact) mass is 1150 g/mol. The number of hydrogen-bond donors (Lipinski definition) is 13. The fourth-order valence-electron chi connectivity index (χ4n) is 10.1. The average molecular weight is 1160 g/mol. The summed E-state index contributed by atoms with van der Waals surface area (Å²) in [4.78, 5) is 132. The minimum Gasteiger partial charge on any atom is -0.508 e. The van der Waals surface area contributed by atoms with E-state index < -0.39 is 114 Å². The molecule has 0 radical (unpaired) electrons. The van der Waals surface area contributed by atoms with E-state index in [1.54, 1.807) is 54.6 Å². The highest BCUT2D eigenvalue weighted by Crippen LogP contribution is 2.25. The number of amides is 8. The van der Waals surface area contributed by atoms with E-state index in [0.717, 1.165) is 0 Å². The van der Waals surface area contributed by atoms with Crippen molar-refractivity contribution >= 4 is 59.2 Å². The number of aliphatic hydroxyl groups is 1. The van der Waals surface area contributed by atoms with E-state index in [9.17, 15) is 63.6 Å². The van der Waals surface area contributed by atoms with Gasteiger partial charge < -0.3 is 79.3 Å². The van der Waals surface area contributed by atoms with Crippen molar-refractivity contribution in [2.75, 3.05) is 26.2 Å². The van der Waals surface area contributed by atoms with E-state index in [0.29, 0.717) is 29.5 Å². The number of aliphatic imine (C=N–C) groups is 1. The number of hydrogen-bond acceptors (Lipinski definition) is 14. The molecule has 5 rings (SSSR count). The maximum absolute atomic E-state index is 14.8. The molecule has 452 valence electrons. The molecule has 0 aliphatic carbocycles. The van der Waals surface area contributed by atoms with Crippen LogP contribution in [0.5, 0.6) is 11.5 Å². The van der Waals surface area contributed by atoms with Crippen LogP contribution >= 0.6 is 0 Å². The van der Waals surface area contributed by atoms with Gasteiger partial charge in [0.05, 0.1) is 12.6 Å². The Hall–Kier alpha value is -8.32. The van der Waals surface area contributed by atoms with Gasteiger partial charge in [-0.2, -0.15) is 0 Å². The lowest BCUT2D eigenvalue weighted by atomic mass is 9.99. The number of carboxylic acid groups (broad SMARTS) is 1. The highest BCUT2D eigenvalue weighted by Gasteiger charge is 2.43. The van der Waals surface area contributed by atoms with Gasteiger partial charge >= 0.3 is 5.97 Å². The Labute approximate surface area is 482 Å². The second-order valence-electron chi connectivity index (χ2n) is 22.0. The van der Waals surface area contributed by atoms with Crippen LogP contribution in [-0.2, 0) is 62.4 Å². The van der Waals surface area contributed by atoms with Crippen LogP contribution in [0, 0.1) is 11.8 Å². The highest BCUT2D eigenvalue weighted by atomic mass is 16.4. The van der Waals surface area contributed by atoms with Crippen molar-refractivity contribution in [2.45, 2.75) is 153 Å². The molecule has 3 aromatic rings. The lowest BCUT2D eigenvalue weighted by Gasteiger charge is -2.33. The molecule has 0 saturated carbocycles. The molecule has 2 saturated heterocycles. The van der Waals surface area contributed by atoms with Gasteiger partial charge in [0.2, 0.25) is 47.3 Å². The number of nitrogens with two attached hydrogens (primary N) is 3. The van der Waals surface area contributed by atoms with Crippen molar-refractivity contribution in [1.29, 1.82) is 0 Å². The molecule has 3 aromatic carbocycles. The topological polar surface area (TPSA) is 404 Å². The third-order valence-corrected chi connectivity index (χ3v) is 14.3. The molecular formula is C58H82N12O13. The normalized spacial score (nSPS) is 17.4. The van der Waals surface area contributed by atoms with Gasteiger partial charge in [-0.3, -0.25) is 43.3 Å². The van der Waals surface area contributed by atoms with E-state index in [1.807, 2.05) is 27.7 Å². The van der Waals surface area contributed by atoms with E-state index in [-0.39, 0.29) is 107 Å². The van der Waals surface area contributed by atoms with E-state index in [2.05, 4.69) is 36.9 Å². The number of aliphatic carboxylic acids is 1. The van der Waals surface area contributed by atoms with Crippen molar-refractivity contribution in [2.24, 2.45) is 34.0 Å². The molecule has 2 heterocycles. The van der Waals surface area contributed by atoms with Crippen molar-refractivity contribution in [3.63, 3.8) is 0 Å². The number of nitrogens with zero attached hydrogens (tertiary/aromatic N) is 3. The second-order valence-corrected chi connectivity index (χ2v) is 22.0. The zero-order valence-electron chi connectivity index (χ0n) is 47.5. The average Bonchev–Trinajstić information content (AvgIpc) is 4.32. The summed E-state index contributed by atoms with van der Waals surface area (Å²) in [6, 6.07) is 9.55. The van der Waals surface area contributed by atoms with Crippen molar-refractivity contribution in [1.82, 2.24) is 41.7 Å². The number of carbonyl (C=O) groups excluding carboxylic acids is 8. The Morgan fingerprint density at radius 2 is 0.988 bits per heavy atom. The summed E-state index contributed by atoms with van der Waals surface area (Å²) in [5.41, 5.74) is 19.2. The Morgan fingerprint density at radius 3 is 1.51 bits per heavy atom. The number of rotatable bonds is 30. The van der Waals surface area contributed by atoms with Gasteiger partial charge in [0, 0.05) is 32.5 Å². The van der Waals surface area contributed by atoms with Crippen LogP contribution in [0.15, 0.2) is 83.9 Å². The molecule has 2 aliphatic rings. The summed E-state index contributed by atoms with van der Waals surface area (Å²) < 4.78 is 0. The zero-order valence-corrected chi connectivity index (χ0v) is 47.5. The summed E-state index contributed by atoms with van der Waals surface area (Å²) in [5.74, 6) is -7.53. The number of phenolic OH excluding ortho intramolecular Hbond substituents is 2.